The number of aryl methyl sites for hydroxylation is 1. The topological polar surface area (TPSA) is 12.4 Å². The summed E-state index contributed by atoms with van der Waals surface area (Å²) in [5.41, 5.74) is 1.55. The van der Waals surface area contributed by atoms with E-state index in [9.17, 15) is 4.39 Å². The summed E-state index contributed by atoms with van der Waals surface area (Å²) in [4.78, 5) is 3.99. The van der Waals surface area contributed by atoms with Crippen molar-refractivity contribution in [3.63, 3.8) is 0 Å². The first-order chi connectivity index (χ1) is 5.38. The van der Waals surface area contributed by atoms with Gasteiger partial charge in [-0.3, -0.25) is 4.99 Å². The van der Waals surface area contributed by atoms with Gasteiger partial charge in [-0.05, 0) is 24.5 Å². The lowest BCUT2D eigenvalue weighted by Crippen LogP contribution is -1.94. The average Bonchev–Trinajstić information content (AvgIpc) is 2.06. The highest BCUT2D eigenvalue weighted by molar-refractivity contribution is 5.68. The van der Waals surface area contributed by atoms with Crippen molar-refractivity contribution in [2.24, 2.45) is 4.99 Å². The van der Waals surface area contributed by atoms with Crippen LogP contribution in [0.5, 0.6) is 0 Å². The van der Waals surface area contributed by atoms with Gasteiger partial charge < -0.3 is 0 Å². The maximum absolute atomic E-state index is 13.0. The highest BCUT2D eigenvalue weighted by Crippen LogP contribution is 2.26. The lowest BCUT2D eigenvalue weighted by atomic mass is 10.1. The first-order valence-corrected chi connectivity index (χ1v) is 3.68. The van der Waals surface area contributed by atoms with Gasteiger partial charge in [0.25, 0.3) is 0 Å². The third-order valence-electron chi connectivity index (χ3n) is 1.83. The molecule has 0 radical (unpaired) electrons. The molecule has 0 amide bonds. The van der Waals surface area contributed by atoms with Crippen molar-refractivity contribution in [3.05, 3.63) is 29.6 Å². The fourth-order valence-corrected chi connectivity index (χ4v) is 1.28. The summed E-state index contributed by atoms with van der Waals surface area (Å²) in [5, 5.41) is 0. The fraction of sp³-hybridized carbons (Fsp3) is 0.222. The summed E-state index contributed by atoms with van der Waals surface area (Å²) in [6.07, 6.45) is 3.61. The number of halogens is 1. The molecule has 1 aromatic carbocycles. The van der Waals surface area contributed by atoms with E-state index in [4.69, 9.17) is 0 Å². The molecule has 2 rings (SSSR count). The Bertz CT molecular complexity index is 304. The molecular weight excluding hydrogens is 141 g/mol. The molecule has 56 valence electrons. The second kappa shape index (κ2) is 2.46. The fourth-order valence-electron chi connectivity index (χ4n) is 1.28. The molecule has 0 fully saturated rings. The van der Waals surface area contributed by atoms with Crippen molar-refractivity contribution in [1.82, 2.24) is 0 Å². The van der Waals surface area contributed by atoms with Crippen LogP contribution in [-0.2, 0) is 6.42 Å². The third-order valence-corrected chi connectivity index (χ3v) is 1.83. The van der Waals surface area contributed by atoms with E-state index in [1.54, 1.807) is 12.3 Å². The zero-order valence-corrected chi connectivity index (χ0v) is 6.05. The van der Waals surface area contributed by atoms with Crippen LogP contribution in [0.2, 0.25) is 0 Å². The normalized spacial score (nSPS) is 14.6. The quantitative estimate of drug-likeness (QED) is 0.537. The minimum atomic E-state index is -0.210. The Morgan fingerprint density at radius 1 is 1.36 bits per heavy atom. The van der Waals surface area contributed by atoms with Crippen LogP contribution >= 0.6 is 0 Å². The van der Waals surface area contributed by atoms with Crippen molar-refractivity contribution in [1.29, 1.82) is 0 Å². The number of nitrogens with zero attached hydrogens (tertiary/aromatic N) is 1. The van der Waals surface area contributed by atoms with Crippen LogP contribution in [0.3, 0.4) is 0 Å². The van der Waals surface area contributed by atoms with Crippen molar-refractivity contribution >= 4 is 11.9 Å². The van der Waals surface area contributed by atoms with E-state index < -0.39 is 0 Å². The zero-order chi connectivity index (χ0) is 7.68. The van der Waals surface area contributed by atoms with Gasteiger partial charge in [0.1, 0.15) is 11.5 Å². The van der Waals surface area contributed by atoms with Gasteiger partial charge in [0.05, 0.1) is 0 Å². The van der Waals surface area contributed by atoms with E-state index in [-0.39, 0.29) is 5.82 Å². The van der Waals surface area contributed by atoms with Crippen LogP contribution in [0.4, 0.5) is 10.1 Å². The van der Waals surface area contributed by atoms with Gasteiger partial charge in [-0.25, -0.2) is 4.39 Å². The van der Waals surface area contributed by atoms with E-state index in [1.807, 2.05) is 6.07 Å². The molecule has 0 saturated heterocycles. The van der Waals surface area contributed by atoms with E-state index >= 15 is 0 Å². The van der Waals surface area contributed by atoms with Crippen molar-refractivity contribution < 1.29 is 4.39 Å². The van der Waals surface area contributed by atoms with E-state index in [0.717, 1.165) is 18.4 Å². The molecule has 0 bridgehead atoms. The Morgan fingerprint density at radius 2 is 2.27 bits per heavy atom. The van der Waals surface area contributed by atoms with Crippen molar-refractivity contribution in [2.75, 3.05) is 0 Å². The molecule has 1 heterocycles. The van der Waals surface area contributed by atoms with E-state index in [1.165, 1.54) is 6.07 Å². The highest BCUT2D eigenvalue weighted by atomic mass is 19.1. The molecule has 11 heavy (non-hydrogen) atoms. The molecule has 0 spiro atoms. The first kappa shape index (κ1) is 6.53. The van der Waals surface area contributed by atoms with Crippen LogP contribution < -0.4 is 0 Å². The molecule has 0 saturated carbocycles. The number of hydrogen-bond acceptors (Lipinski definition) is 1. The molecule has 1 aliphatic heterocycles. The van der Waals surface area contributed by atoms with Gasteiger partial charge in [0, 0.05) is 6.21 Å². The molecule has 0 aliphatic carbocycles. The minimum Gasteiger partial charge on any atom is -0.258 e. The Balaban J connectivity index is 2.60. The Morgan fingerprint density at radius 3 is 3.09 bits per heavy atom. The molecule has 2 heteroatoms. The predicted molar refractivity (Wildman–Crippen MR) is 42.9 cm³/mol. The number of fused-ring (bicyclic) bond motifs is 1. The number of rotatable bonds is 0. The number of aliphatic imine (C=N–C) groups is 1. The molecule has 0 atom stereocenters. The second-order valence-corrected chi connectivity index (χ2v) is 2.60. The minimum absolute atomic E-state index is 0.210. The number of benzene rings is 1. The molecule has 0 N–H and O–H groups in total. The van der Waals surface area contributed by atoms with E-state index in [0.29, 0.717) is 5.69 Å². The SMILES string of the molecule is Fc1cccc2c1N=CCC2. The standard InChI is InChI=1S/C9H8FN/c10-8-5-1-3-7-4-2-6-11-9(7)8/h1,3,5-6H,2,4H2. The Kier molecular flexibility index (Phi) is 1.46. The maximum atomic E-state index is 13.0. The highest BCUT2D eigenvalue weighted by Gasteiger charge is 2.08. The predicted octanol–water partition coefficient (Wildman–Crippen LogP) is 2.47. The largest absolute Gasteiger partial charge is 0.258 e. The average molecular weight is 149 g/mol. The summed E-state index contributed by atoms with van der Waals surface area (Å²) < 4.78 is 13.0. The molecule has 1 aromatic rings. The maximum Gasteiger partial charge on any atom is 0.149 e. The smallest absolute Gasteiger partial charge is 0.149 e. The lowest BCUT2D eigenvalue weighted by Gasteiger charge is -2.08. The van der Waals surface area contributed by atoms with Crippen molar-refractivity contribution in [2.45, 2.75) is 12.8 Å². The van der Waals surface area contributed by atoms with Gasteiger partial charge in [0.15, 0.2) is 0 Å². The van der Waals surface area contributed by atoms with Crippen molar-refractivity contribution in [3.8, 4) is 0 Å². The van der Waals surface area contributed by atoms with Gasteiger partial charge >= 0.3 is 0 Å². The molecule has 0 unspecified atom stereocenters. The van der Waals surface area contributed by atoms with Crippen LogP contribution in [-0.4, -0.2) is 6.21 Å². The molecule has 1 nitrogen and oxygen atoms in total. The van der Waals surface area contributed by atoms with Crippen LogP contribution in [0.25, 0.3) is 0 Å². The Labute approximate surface area is 64.6 Å². The first-order valence-electron chi connectivity index (χ1n) is 3.68. The Hall–Kier alpha value is -1.18. The number of para-hydroxylation sites is 1. The van der Waals surface area contributed by atoms with Gasteiger partial charge in [-0.1, -0.05) is 12.1 Å². The summed E-state index contributed by atoms with van der Waals surface area (Å²) in [6.45, 7) is 0. The summed E-state index contributed by atoms with van der Waals surface area (Å²) in [7, 11) is 0. The molecular formula is C9H8FN. The molecule has 1 aliphatic rings. The second-order valence-electron chi connectivity index (χ2n) is 2.60. The zero-order valence-electron chi connectivity index (χ0n) is 6.05. The third kappa shape index (κ3) is 1.04. The lowest BCUT2D eigenvalue weighted by molar-refractivity contribution is 0.627. The van der Waals surface area contributed by atoms with Gasteiger partial charge in [0.2, 0.25) is 0 Å². The number of hydrogen-bond donors (Lipinski definition) is 0. The summed E-state index contributed by atoms with van der Waals surface area (Å²) in [6, 6.07) is 5.10. The summed E-state index contributed by atoms with van der Waals surface area (Å²) >= 11 is 0. The van der Waals surface area contributed by atoms with Gasteiger partial charge in [-0.2, -0.15) is 0 Å². The molecule has 0 aromatic heterocycles. The van der Waals surface area contributed by atoms with Crippen LogP contribution in [0.15, 0.2) is 23.2 Å². The van der Waals surface area contributed by atoms with E-state index in [2.05, 4.69) is 4.99 Å². The monoisotopic (exact) mass is 149 g/mol. The van der Waals surface area contributed by atoms with Crippen LogP contribution in [0.1, 0.15) is 12.0 Å². The van der Waals surface area contributed by atoms with Crippen LogP contribution in [0, 0.1) is 5.82 Å². The summed E-state index contributed by atoms with van der Waals surface area (Å²) in [5.74, 6) is -0.210. The van der Waals surface area contributed by atoms with Gasteiger partial charge in [-0.15, -0.1) is 0 Å².